The summed E-state index contributed by atoms with van der Waals surface area (Å²) in [6.07, 6.45) is -0.591. The lowest BCUT2D eigenvalue weighted by molar-refractivity contribution is 0.145. The molecule has 1 aliphatic rings. The summed E-state index contributed by atoms with van der Waals surface area (Å²) in [6, 6.07) is 14.6. The van der Waals surface area contributed by atoms with Crippen molar-refractivity contribution < 1.29 is 18.3 Å². The third kappa shape index (κ3) is 7.70. The summed E-state index contributed by atoms with van der Waals surface area (Å²) in [4.78, 5) is 20.2. The van der Waals surface area contributed by atoms with E-state index in [1.54, 1.807) is 6.07 Å². The second-order valence-corrected chi connectivity index (χ2v) is 9.51. The smallest absolute Gasteiger partial charge is 0.293 e. The van der Waals surface area contributed by atoms with Crippen molar-refractivity contribution in [1.29, 1.82) is 5.26 Å². The van der Waals surface area contributed by atoms with Crippen LogP contribution in [0.4, 0.5) is 13.2 Å². The fourth-order valence-electron chi connectivity index (χ4n) is 4.58. The van der Waals surface area contributed by atoms with Crippen LogP contribution in [0.15, 0.2) is 53.6 Å². The predicted octanol–water partition coefficient (Wildman–Crippen LogP) is 3.54. The van der Waals surface area contributed by atoms with Gasteiger partial charge in [0.2, 0.25) is 5.75 Å². The number of H-pyrrole nitrogens is 1. The molecule has 0 radical (unpaired) electrons. The number of hydrogen-bond acceptors (Lipinski definition) is 6. The number of likely N-dealkylation sites (tertiary alicyclic amines) is 1. The first-order valence-electron chi connectivity index (χ1n) is 12.6. The number of aromatic amines is 1. The number of nitrogens with one attached hydrogen (secondary N) is 2. The van der Waals surface area contributed by atoms with E-state index < -0.39 is 36.0 Å². The van der Waals surface area contributed by atoms with Gasteiger partial charge in [0, 0.05) is 43.1 Å². The second-order valence-electron chi connectivity index (χ2n) is 9.51. The number of aromatic nitrogens is 2. The molecule has 10 heteroatoms. The van der Waals surface area contributed by atoms with E-state index in [4.69, 9.17) is 5.26 Å². The summed E-state index contributed by atoms with van der Waals surface area (Å²) in [6.45, 7) is 1.88. The van der Waals surface area contributed by atoms with Gasteiger partial charge >= 0.3 is 0 Å². The van der Waals surface area contributed by atoms with Crippen molar-refractivity contribution in [2.45, 2.75) is 31.7 Å². The lowest BCUT2D eigenvalue weighted by Crippen LogP contribution is -2.28. The van der Waals surface area contributed by atoms with E-state index in [9.17, 15) is 18.7 Å². The Balaban J connectivity index is 1.46. The summed E-state index contributed by atoms with van der Waals surface area (Å²) < 4.78 is 40.5. The summed E-state index contributed by atoms with van der Waals surface area (Å²) in [5, 5.41) is 21.7. The Hall–Kier alpha value is -4.12. The predicted molar refractivity (Wildman–Crippen MR) is 140 cm³/mol. The van der Waals surface area contributed by atoms with Crippen LogP contribution in [0.1, 0.15) is 40.3 Å². The van der Waals surface area contributed by atoms with E-state index in [0.29, 0.717) is 5.56 Å². The molecule has 0 amide bonds. The first kappa shape index (κ1) is 27.9. The van der Waals surface area contributed by atoms with Gasteiger partial charge in [-0.25, -0.2) is 18.2 Å². The molecule has 2 aromatic carbocycles. The van der Waals surface area contributed by atoms with Gasteiger partial charge in [0.1, 0.15) is 5.82 Å². The standard InChI is InChI=1S/C29H28F3N5O2/c30-25-11-20(4-1-19-2-5-21(6-3-19)16-37-10-9-22(13-33)17-37)7-8-24(25)23(14-34-15-27(31)32)12-26-28(38)29(39)36-18-35-26/h2-3,5-8,11,18,22-23,27,34,38H,9-10,12,14-17H2,(H,35,36,39)/t22-,23-/m0/s1. The maximum atomic E-state index is 15.2. The molecular weight excluding hydrogens is 507 g/mol. The van der Waals surface area contributed by atoms with Crippen LogP contribution in [0.25, 0.3) is 0 Å². The number of aromatic hydroxyl groups is 1. The molecule has 7 nitrogen and oxygen atoms in total. The van der Waals surface area contributed by atoms with Crippen LogP contribution in [0.5, 0.6) is 5.75 Å². The van der Waals surface area contributed by atoms with Gasteiger partial charge in [0.15, 0.2) is 0 Å². The molecule has 1 fully saturated rings. The third-order valence-corrected chi connectivity index (χ3v) is 6.64. The van der Waals surface area contributed by atoms with Gasteiger partial charge in [-0.2, -0.15) is 5.26 Å². The number of nitriles is 1. The molecule has 202 valence electrons. The van der Waals surface area contributed by atoms with Crippen molar-refractivity contribution in [1.82, 2.24) is 20.2 Å². The molecule has 0 aliphatic carbocycles. The summed E-state index contributed by atoms with van der Waals surface area (Å²) >= 11 is 0. The Bertz CT molecular complexity index is 1440. The first-order valence-corrected chi connectivity index (χ1v) is 12.6. The molecule has 4 rings (SSSR count). The molecule has 1 aromatic heterocycles. The number of hydrogen-bond donors (Lipinski definition) is 3. The maximum Gasteiger partial charge on any atom is 0.293 e. The largest absolute Gasteiger partial charge is 0.502 e. The van der Waals surface area contributed by atoms with Gasteiger partial charge < -0.3 is 15.4 Å². The van der Waals surface area contributed by atoms with Crippen LogP contribution in [-0.4, -0.2) is 52.6 Å². The Morgan fingerprint density at radius 1 is 1.15 bits per heavy atom. The van der Waals surface area contributed by atoms with Crippen LogP contribution < -0.4 is 10.9 Å². The van der Waals surface area contributed by atoms with E-state index in [2.05, 4.69) is 38.1 Å². The summed E-state index contributed by atoms with van der Waals surface area (Å²) in [7, 11) is 0. The molecular formula is C29H28F3N5O2. The quantitative estimate of drug-likeness (QED) is 0.362. The van der Waals surface area contributed by atoms with Crippen molar-refractivity contribution in [2.24, 2.45) is 5.92 Å². The highest BCUT2D eigenvalue weighted by molar-refractivity contribution is 5.45. The highest BCUT2D eigenvalue weighted by Crippen LogP contribution is 2.25. The minimum Gasteiger partial charge on any atom is -0.502 e. The normalized spacial score (nSPS) is 16.0. The van der Waals surface area contributed by atoms with Gasteiger partial charge in [0.25, 0.3) is 12.0 Å². The zero-order valence-corrected chi connectivity index (χ0v) is 21.1. The lowest BCUT2D eigenvalue weighted by Gasteiger charge is -2.19. The molecule has 2 heterocycles. The zero-order valence-electron chi connectivity index (χ0n) is 21.1. The minimum absolute atomic E-state index is 0.0127. The fraction of sp³-hybridized carbons (Fsp3) is 0.345. The maximum absolute atomic E-state index is 15.2. The number of alkyl halides is 2. The molecule has 0 saturated carbocycles. The Morgan fingerprint density at radius 2 is 1.90 bits per heavy atom. The Labute approximate surface area is 224 Å². The molecule has 0 unspecified atom stereocenters. The average molecular weight is 536 g/mol. The average Bonchev–Trinajstić information content (AvgIpc) is 3.38. The molecule has 3 aromatic rings. The van der Waals surface area contributed by atoms with Crippen molar-refractivity contribution in [3.8, 4) is 23.7 Å². The van der Waals surface area contributed by atoms with Crippen LogP contribution in [0, 0.1) is 34.9 Å². The van der Waals surface area contributed by atoms with E-state index >= 15 is 4.39 Å². The molecule has 39 heavy (non-hydrogen) atoms. The fourth-order valence-corrected chi connectivity index (χ4v) is 4.58. The molecule has 3 N–H and O–H groups in total. The number of halogens is 3. The monoisotopic (exact) mass is 535 g/mol. The first-order chi connectivity index (χ1) is 18.8. The summed E-state index contributed by atoms with van der Waals surface area (Å²) in [5.41, 5.74) is 1.88. The number of nitrogens with zero attached hydrogens (tertiary/aromatic N) is 3. The number of rotatable bonds is 9. The van der Waals surface area contributed by atoms with E-state index in [-0.39, 0.29) is 30.1 Å². The summed E-state index contributed by atoms with van der Waals surface area (Å²) in [5.74, 6) is 4.24. The highest BCUT2D eigenvalue weighted by Gasteiger charge is 2.22. The molecule has 1 saturated heterocycles. The second kappa shape index (κ2) is 13.1. The number of benzene rings is 2. The van der Waals surface area contributed by atoms with Crippen molar-refractivity contribution >= 4 is 0 Å². The van der Waals surface area contributed by atoms with Crippen LogP contribution in [-0.2, 0) is 13.0 Å². The van der Waals surface area contributed by atoms with Gasteiger partial charge in [-0.1, -0.05) is 30.0 Å². The highest BCUT2D eigenvalue weighted by atomic mass is 19.3. The van der Waals surface area contributed by atoms with Crippen LogP contribution >= 0.6 is 0 Å². The van der Waals surface area contributed by atoms with Crippen molar-refractivity contribution in [3.05, 3.63) is 92.9 Å². The Kier molecular flexibility index (Phi) is 9.37. The Morgan fingerprint density at radius 3 is 2.59 bits per heavy atom. The molecule has 1 aliphatic heterocycles. The zero-order chi connectivity index (χ0) is 27.8. The van der Waals surface area contributed by atoms with Gasteiger partial charge in [-0.05, 0) is 48.4 Å². The molecule has 2 atom stereocenters. The molecule has 0 bridgehead atoms. The minimum atomic E-state index is -2.58. The van der Waals surface area contributed by atoms with Crippen molar-refractivity contribution in [2.75, 3.05) is 26.2 Å². The third-order valence-electron chi connectivity index (χ3n) is 6.64. The van der Waals surface area contributed by atoms with E-state index in [1.807, 2.05) is 24.3 Å². The van der Waals surface area contributed by atoms with Gasteiger partial charge in [0.05, 0.1) is 30.6 Å². The molecule has 0 spiro atoms. The SMILES string of the molecule is N#C[C@@H]1CCN(Cc2ccc(C#Cc3ccc([C@H](CNCC(F)F)Cc4nc[nH]c(=O)c4O)c(F)c3)cc2)C1. The van der Waals surface area contributed by atoms with E-state index in [0.717, 1.165) is 43.5 Å². The van der Waals surface area contributed by atoms with E-state index in [1.165, 1.54) is 12.1 Å². The van der Waals surface area contributed by atoms with Crippen molar-refractivity contribution in [3.63, 3.8) is 0 Å². The lowest BCUT2D eigenvalue weighted by atomic mass is 9.92. The van der Waals surface area contributed by atoms with Crippen LogP contribution in [0.2, 0.25) is 0 Å². The van der Waals surface area contributed by atoms with Crippen LogP contribution in [0.3, 0.4) is 0 Å². The topological polar surface area (TPSA) is 105 Å². The van der Waals surface area contributed by atoms with Gasteiger partial charge in [-0.3, -0.25) is 9.69 Å². The van der Waals surface area contributed by atoms with Gasteiger partial charge in [-0.15, -0.1) is 0 Å².